The highest BCUT2D eigenvalue weighted by molar-refractivity contribution is 7.80. The largest absolute Gasteiger partial charge is 0.394 e. The van der Waals surface area contributed by atoms with E-state index in [2.05, 4.69) is 17.8 Å². The lowest BCUT2D eigenvalue weighted by molar-refractivity contribution is -0.326. The molecule has 1 rings (SSSR count). The predicted octanol–water partition coefficient (Wildman–Crippen LogP) is -4.77. The van der Waals surface area contributed by atoms with Gasteiger partial charge in [-0.2, -0.15) is 12.6 Å². The van der Waals surface area contributed by atoms with E-state index in [0.29, 0.717) is 38.8 Å². The van der Waals surface area contributed by atoms with Gasteiger partial charge < -0.3 is 69.4 Å². The van der Waals surface area contributed by atoms with Crippen molar-refractivity contribution in [3.63, 3.8) is 0 Å². The molecule has 0 aromatic rings. The third kappa shape index (κ3) is 11.8. The highest BCUT2D eigenvalue weighted by atomic mass is 32.1. The van der Waals surface area contributed by atoms with Crippen molar-refractivity contribution in [3.8, 4) is 0 Å². The zero-order valence-corrected chi connectivity index (χ0v) is 20.7. The van der Waals surface area contributed by atoms with Crippen LogP contribution in [0.25, 0.3) is 0 Å². The van der Waals surface area contributed by atoms with E-state index in [9.17, 15) is 40.9 Å². The van der Waals surface area contributed by atoms with Crippen LogP contribution in [0.4, 0.5) is 0 Å². The fourth-order valence-corrected chi connectivity index (χ4v) is 3.11. The maximum Gasteiger partial charge on any atom is 0.187 e. The van der Waals surface area contributed by atoms with E-state index in [1.54, 1.807) is 0 Å². The highest BCUT2D eigenvalue weighted by Gasteiger charge is 2.46. The summed E-state index contributed by atoms with van der Waals surface area (Å²) in [7, 11) is 0. The van der Waals surface area contributed by atoms with Crippen molar-refractivity contribution in [2.75, 3.05) is 65.2 Å². The molecule has 0 aliphatic carbocycles. The zero-order chi connectivity index (χ0) is 26.9. The van der Waals surface area contributed by atoms with Crippen LogP contribution in [-0.4, -0.2) is 167 Å². The highest BCUT2D eigenvalue weighted by Crippen LogP contribution is 2.24. The molecule has 214 valence electrons. The van der Waals surface area contributed by atoms with Crippen molar-refractivity contribution >= 4 is 18.8 Å². The van der Waals surface area contributed by atoms with E-state index >= 15 is 0 Å². The SMILES string of the molecule is OC[C@H](O)[C@@H](O[C@H]1O[C@H](CO)[C@@H](O)[C@H](O)[C@H]1O)[C@H](O)[C@H](O)/C=N\OCCOCCOCCOCCS. The van der Waals surface area contributed by atoms with Crippen LogP contribution in [0.1, 0.15) is 0 Å². The number of thiol groups is 1. The van der Waals surface area contributed by atoms with Gasteiger partial charge in [-0.05, 0) is 0 Å². The fourth-order valence-electron chi connectivity index (χ4n) is 2.98. The smallest absolute Gasteiger partial charge is 0.187 e. The van der Waals surface area contributed by atoms with Gasteiger partial charge in [-0.3, -0.25) is 0 Å². The molecule has 1 fully saturated rings. The quantitative estimate of drug-likeness (QED) is 0.0301. The average molecular weight is 550 g/mol. The normalized spacial score (nSPS) is 28.2. The van der Waals surface area contributed by atoms with E-state index in [4.69, 9.17) is 28.5 Å². The summed E-state index contributed by atoms with van der Waals surface area (Å²) in [6.07, 6.45) is -14.6. The molecule has 36 heavy (non-hydrogen) atoms. The van der Waals surface area contributed by atoms with Gasteiger partial charge in [-0.25, -0.2) is 0 Å². The molecule has 0 unspecified atom stereocenters. The maximum absolute atomic E-state index is 10.4. The monoisotopic (exact) mass is 549 g/mol. The molecular weight excluding hydrogens is 510 g/mol. The van der Waals surface area contributed by atoms with Gasteiger partial charge in [0.1, 0.15) is 55.4 Å². The van der Waals surface area contributed by atoms with Crippen LogP contribution in [0.3, 0.4) is 0 Å². The number of nitrogens with zero attached hydrogens (tertiary/aromatic N) is 1. The Balaban J connectivity index is 2.41. The third-order valence-electron chi connectivity index (χ3n) is 4.98. The van der Waals surface area contributed by atoms with Gasteiger partial charge in [0.05, 0.1) is 59.1 Å². The molecule has 0 aromatic carbocycles. The van der Waals surface area contributed by atoms with Crippen molar-refractivity contribution in [2.24, 2.45) is 5.16 Å². The lowest BCUT2D eigenvalue weighted by atomic mass is 9.98. The number of rotatable bonds is 20. The van der Waals surface area contributed by atoms with Gasteiger partial charge in [0, 0.05) is 5.75 Å². The topological polar surface area (TPSA) is 230 Å². The summed E-state index contributed by atoms with van der Waals surface area (Å²) in [6, 6.07) is 0. The Morgan fingerprint density at radius 1 is 0.833 bits per heavy atom. The molecule has 8 N–H and O–H groups in total. The van der Waals surface area contributed by atoms with Crippen molar-refractivity contribution in [1.29, 1.82) is 0 Å². The second kappa shape index (κ2) is 19.4. The molecule has 1 heterocycles. The maximum atomic E-state index is 10.4. The molecule has 15 nitrogen and oxygen atoms in total. The molecule has 0 radical (unpaired) electrons. The minimum atomic E-state index is -1.89. The predicted molar refractivity (Wildman–Crippen MR) is 125 cm³/mol. The molecule has 1 aliphatic rings. The Bertz CT molecular complexity index is 577. The van der Waals surface area contributed by atoms with Crippen LogP contribution in [-0.2, 0) is 28.5 Å². The molecule has 16 heteroatoms. The number of hydrogen-bond donors (Lipinski definition) is 9. The first kappa shape index (κ1) is 33.3. The second-order valence-electron chi connectivity index (χ2n) is 7.68. The molecule has 9 atom stereocenters. The summed E-state index contributed by atoms with van der Waals surface area (Å²) in [4.78, 5) is 4.91. The van der Waals surface area contributed by atoms with Gasteiger partial charge in [0.15, 0.2) is 6.29 Å². The van der Waals surface area contributed by atoms with E-state index in [-0.39, 0.29) is 13.2 Å². The van der Waals surface area contributed by atoms with Crippen LogP contribution in [0.15, 0.2) is 5.16 Å². The Kier molecular flexibility index (Phi) is 17.9. The summed E-state index contributed by atoms with van der Waals surface area (Å²) in [5.74, 6) is 0.642. The average Bonchev–Trinajstić information content (AvgIpc) is 2.88. The van der Waals surface area contributed by atoms with E-state index in [1.807, 2.05) is 0 Å². The van der Waals surface area contributed by atoms with Gasteiger partial charge in [0.25, 0.3) is 0 Å². The summed E-state index contributed by atoms with van der Waals surface area (Å²) in [5, 5.41) is 82.3. The van der Waals surface area contributed by atoms with Crippen molar-refractivity contribution in [3.05, 3.63) is 0 Å². The second-order valence-corrected chi connectivity index (χ2v) is 8.12. The first-order valence-electron chi connectivity index (χ1n) is 11.4. The summed E-state index contributed by atoms with van der Waals surface area (Å²) < 4.78 is 26.2. The zero-order valence-electron chi connectivity index (χ0n) is 19.8. The summed E-state index contributed by atoms with van der Waals surface area (Å²) in [6.45, 7) is 0.703. The minimum absolute atomic E-state index is 0.0223. The molecule has 1 aliphatic heterocycles. The molecule has 1 saturated heterocycles. The Morgan fingerprint density at radius 2 is 1.42 bits per heavy atom. The number of aliphatic hydroxyl groups is 8. The molecule has 0 amide bonds. The van der Waals surface area contributed by atoms with E-state index in [1.165, 1.54) is 0 Å². The van der Waals surface area contributed by atoms with Crippen LogP contribution >= 0.6 is 12.6 Å². The summed E-state index contributed by atoms with van der Waals surface area (Å²) >= 11 is 4.01. The number of ether oxygens (including phenoxy) is 5. The lowest BCUT2D eigenvalue weighted by Crippen LogP contribution is -2.61. The lowest BCUT2D eigenvalue weighted by Gasteiger charge is -2.42. The minimum Gasteiger partial charge on any atom is -0.394 e. The van der Waals surface area contributed by atoms with Gasteiger partial charge in [-0.15, -0.1) is 0 Å². The Hall–Kier alpha value is -0.700. The van der Waals surface area contributed by atoms with Crippen LogP contribution in [0.5, 0.6) is 0 Å². The van der Waals surface area contributed by atoms with Gasteiger partial charge in [0.2, 0.25) is 0 Å². The number of oxime groups is 1. The first-order valence-corrected chi connectivity index (χ1v) is 12.0. The van der Waals surface area contributed by atoms with Crippen molar-refractivity contribution in [2.45, 2.75) is 55.1 Å². The first-order chi connectivity index (χ1) is 17.3. The number of aliphatic hydroxyl groups excluding tert-OH is 8. The Labute approximate surface area is 214 Å². The number of hydrogen-bond acceptors (Lipinski definition) is 16. The van der Waals surface area contributed by atoms with Crippen LogP contribution in [0.2, 0.25) is 0 Å². The molecular formula is C20H39NO14S. The van der Waals surface area contributed by atoms with Crippen LogP contribution < -0.4 is 0 Å². The van der Waals surface area contributed by atoms with E-state index in [0.717, 1.165) is 6.21 Å². The van der Waals surface area contributed by atoms with Crippen LogP contribution in [0, 0.1) is 0 Å². The van der Waals surface area contributed by atoms with Crippen molar-refractivity contribution in [1.82, 2.24) is 0 Å². The third-order valence-corrected chi connectivity index (χ3v) is 5.16. The molecule has 0 saturated carbocycles. The fraction of sp³-hybridized carbons (Fsp3) is 0.950. The molecule has 0 aromatic heterocycles. The van der Waals surface area contributed by atoms with Gasteiger partial charge >= 0.3 is 0 Å². The summed E-state index contributed by atoms with van der Waals surface area (Å²) in [5.41, 5.74) is 0. The Morgan fingerprint density at radius 3 is 1.97 bits per heavy atom. The van der Waals surface area contributed by atoms with Crippen molar-refractivity contribution < 1.29 is 69.4 Å². The van der Waals surface area contributed by atoms with Gasteiger partial charge in [-0.1, -0.05) is 5.16 Å². The van der Waals surface area contributed by atoms with E-state index < -0.39 is 68.3 Å². The molecule has 0 bridgehead atoms. The standard InChI is InChI=1S/C20H39NO14S/c22-10-13(25)19(35-20-18(29)17(28)16(27)14(11-23)34-20)15(26)12(24)9-21-33-6-5-31-2-1-30-3-4-32-7-8-36/h9,12-20,22-29,36H,1-8,10-11H2/b21-9-/t12-,13+,14-,15-,16-,17+,18-,19-,20-/m1/s1. The molecule has 0 spiro atoms.